The van der Waals surface area contributed by atoms with Crippen LogP contribution in [0.4, 0.5) is 4.79 Å². The third-order valence-electron chi connectivity index (χ3n) is 1.89. The molecule has 0 amide bonds. The van der Waals surface area contributed by atoms with Crippen LogP contribution >= 0.6 is 0 Å². The van der Waals surface area contributed by atoms with Gasteiger partial charge in [0.2, 0.25) is 0 Å². The average Bonchev–Trinajstić information content (AvgIpc) is 2.11. The van der Waals surface area contributed by atoms with Gasteiger partial charge in [-0.15, -0.1) is 0 Å². The predicted molar refractivity (Wildman–Crippen MR) is 60.8 cm³/mol. The first-order chi connectivity index (χ1) is 6.85. The highest BCUT2D eigenvalue weighted by atomic mass is 16.7. The Labute approximate surface area is 93.1 Å². The fourth-order valence-corrected chi connectivity index (χ4v) is 1.10. The van der Waals surface area contributed by atoms with Gasteiger partial charge in [-0.05, 0) is 17.8 Å². The third-order valence-corrected chi connectivity index (χ3v) is 1.89. The van der Waals surface area contributed by atoms with Crippen LogP contribution in [0.15, 0.2) is 0 Å². The van der Waals surface area contributed by atoms with Crippen LogP contribution in [0.2, 0.25) is 0 Å². The molecular formula is C12H24O3. The number of rotatable bonds is 5. The highest BCUT2D eigenvalue weighted by Gasteiger charge is 2.15. The van der Waals surface area contributed by atoms with Gasteiger partial charge in [0.15, 0.2) is 0 Å². The number of hydrogen-bond acceptors (Lipinski definition) is 3. The Morgan fingerprint density at radius 1 is 1.27 bits per heavy atom. The molecule has 1 unspecified atom stereocenters. The molecule has 0 aromatic rings. The zero-order valence-corrected chi connectivity index (χ0v) is 10.6. The molecule has 0 aliphatic heterocycles. The maximum Gasteiger partial charge on any atom is 0.508 e. The summed E-state index contributed by atoms with van der Waals surface area (Å²) in [6.45, 7) is 11.1. The van der Waals surface area contributed by atoms with Gasteiger partial charge in [-0.1, -0.05) is 41.0 Å². The lowest BCUT2D eigenvalue weighted by Gasteiger charge is -2.18. The summed E-state index contributed by atoms with van der Waals surface area (Å²) in [6.07, 6.45) is 1.64. The molecule has 0 radical (unpaired) electrons. The Morgan fingerprint density at radius 3 is 2.33 bits per heavy atom. The topological polar surface area (TPSA) is 35.5 Å². The lowest BCUT2D eigenvalue weighted by atomic mass is 9.99. The van der Waals surface area contributed by atoms with Crippen molar-refractivity contribution >= 4 is 6.16 Å². The summed E-state index contributed by atoms with van der Waals surface area (Å²) in [7, 11) is 0. The van der Waals surface area contributed by atoms with Gasteiger partial charge in [0.05, 0.1) is 13.2 Å². The molecule has 0 bridgehead atoms. The van der Waals surface area contributed by atoms with Gasteiger partial charge in [0.1, 0.15) is 0 Å². The Morgan fingerprint density at radius 2 is 1.87 bits per heavy atom. The van der Waals surface area contributed by atoms with Crippen molar-refractivity contribution in [2.24, 2.45) is 11.3 Å². The molecule has 0 aromatic carbocycles. The fourth-order valence-electron chi connectivity index (χ4n) is 1.10. The van der Waals surface area contributed by atoms with E-state index in [1.54, 1.807) is 0 Å². The van der Waals surface area contributed by atoms with Crippen LogP contribution in [-0.4, -0.2) is 19.4 Å². The summed E-state index contributed by atoms with van der Waals surface area (Å²) in [5.41, 5.74) is -0.00590. The number of hydrogen-bond donors (Lipinski definition) is 0. The van der Waals surface area contributed by atoms with E-state index in [0.717, 1.165) is 12.8 Å². The van der Waals surface area contributed by atoms with Crippen LogP contribution in [0.25, 0.3) is 0 Å². The van der Waals surface area contributed by atoms with Crippen molar-refractivity contribution in [2.75, 3.05) is 13.2 Å². The van der Waals surface area contributed by atoms with E-state index in [0.29, 0.717) is 19.1 Å². The van der Waals surface area contributed by atoms with Gasteiger partial charge in [0.25, 0.3) is 0 Å². The van der Waals surface area contributed by atoms with Crippen molar-refractivity contribution in [3.05, 3.63) is 0 Å². The van der Waals surface area contributed by atoms with Crippen LogP contribution in [0.5, 0.6) is 0 Å². The minimum atomic E-state index is -0.548. The normalized spacial score (nSPS) is 13.4. The molecule has 90 valence electrons. The van der Waals surface area contributed by atoms with Gasteiger partial charge >= 0.3 is 6.16 Å². The molecule has 0 N–H and O–H groups in total. The molecular weight excluding hydrogens is 192 g/mol. The van der Waals surface area contributed by atoms with Crippen molar-refractivity contribution < 1.29 is 14.3 Å². The van der Waals surface area contributed by atoms with Crippen molar-refractivity contribution in [3.63, 3.8) is 0 Å². The average molecular weight is 216 g/mol. The Kier molecular flexibility index (Phi) is 6.37. The minimum absolute atomic E-state index is 0.00590. The van der Waals surface area contributed by atoms with E-state index in [2.05, 4.69) is 13.8 Å². The molecule has 0 saturated heterocycles. The van der Waals surface area contributed by atoms with Gasteiger partial charge in [-0.3, -0.25) is 0 Å². The highest BCUT2D eigenvalue weighted by Crippen LogP contribution is 2.13. The van der Waals surface area contributed by atoms with Crippen molar-refractivity contribution in [3.8, 4) is 0 Å². The lowest BCUT2D eigenvalue weighted by molar-refractivity contribution is 0.0253. The largest absolute Gasteiger partial charge is 0.508 e. The van der Waals surface area contributed by atoms with Crippen molar-refractivity contribution in [2.45, 2.75) is 47.5 Å². The van der Waals surface area contributed by atoms with Crippen LogP contribution in [0.3, 0.4) is 0 Å². The molecule has 0 fully saturated rings. The molecule has 3 heteroatoms. The van der Waals surface area contributed by atoms with Gasteiger partial charge in [-0.25, -0.2) is 4.79 Å². The Hall–Kier alpha value is -0.730. The van der Waals surface area contributed by atoms with Crippen LogP contribution in [-0.2, 0) is 9.47 Å². The molecule has 15 heavy (non-hydrogen) atoms. The van der Waals surface area contributed by atoms with E-state index < -0.39 is 6.16 Å². The Bertz CT molecular complexity index is 182. The molecule has 0 rings (SSSR count). The van der Waals surface area contributed by atoms with Crippen molar-refractivity contribution in [1.82, 2.24) is 0 Å². The number of carbonyl (C=O) groups is 1. The van der Waals surface area contributed by atoms with E-state index in [-0.39, 0.29) is 5.41 Å². The first-order valence-electron chi connectivity index (χ1n) is 5.64. The van der Waals surface area contributed by atoms with Crippen LogP contribution in [0, 0.1) is 11.3 Å². The molecule has 1 atom stereocenters. The van der Waals surface area contributed by atoms with Gasteiger partial charge in [-0.2, -0.15) is 0 Å². The Balaban J connectivity index is 3.58. The van der Waals surface area contributed by atoms with Crippen LogP contribution < -0.4 is 0 Å². The molecule has 0 heterocycles. The van der Waals surface area contributed by atoms with E-state index >= 15 is 0 Å². The monoisotopic (exact) mass is 216 g/mol. The second-order valence-electron chi connectivity index (χ2n) is 5.30. The van der Waals surface area contributed by atoms with E-state index in [1.807, 2.05) is 20.8 Å². The standard InChI is InChI=1S/C12H24O3/c1-6-7-10(2)8-14-11(13)15-9-12(3,4)5/h10H,6-9H2,1-5H3. The summed E-state index contributed by atoms with van der Waals surface area (Å²) in [5.74, 6) is 0.414. The van der Waals surface area contributed by atoms with Crippen molar-refractivity contribution in [1.29, 1.82) is 0 Å². The molecule has 3 nitrogen and oxygen atoms in total. The summed E-state index contributed by atoms with van der Waals surface area (Å²) in [6, 6.07) is 0. The molecule has 0 aromatic heterocycles. The second kappa shape index (κ2) is 6.70. The fraction of sp³-hybridized carbons (Fsp3) is 0.917. The van der Waals surface area contributed by atoms with E-state index in [1.165, 1.54) is 0 Å². The zero-order valence-electron chi connectivity index (χ0n) is 10.6. The summed E-state index contributed by atoms with van der Waals surface area (Å²) in [4.78, 5) is 11.2. The smallest absolute Gasteiger partial charge is 0.434 e. The lowest BCUT2D eigenvalue weighted by Crippen LogP contribution is -2.20. The number of ether oxygens (including phenoxy) is 2. The quantitative estimate of drug-likeness (QED) is 0.658. The first kappa shape index (κ1) is 14.3. The SMILES string of the molecule is CCCC(C)COC(=O)OCC(C)(C)C. The second-order valence-corrected chi connectivity index (χ2v) is 5.30. The van der Waals surface area contributed by atoms with Crippen LogP contribution in [0.1, 0.15) is 47.5 Å². The third kappa shape index (κ3) is 9.57. The van der Waals surface area contributed by atoms with Gasteiger partial charge in [0, 0.05) is 0 Å². The predicted octanol–water partition coefficient (Wildman–Crippen LogP) is 3.62. The summed E-state index contributed by atoms with van der Waals surface area (Å²) >= 11 is 0. The summed E-state index contributed by atoms with van der Waals surface area (Å²) in [5, 5.41) is 0. The maximum absolute atomic E-state index is 11.2. The van der Waals surface area contributed by atoms with Gasteiger partial charge < -0.3 is 9.47 Å². The zero-order chi connectivity index (χ0) is 11.9. The minimum Gasteiger partial charge on any atom is -0.434 e. The molecule has 0 aliphatic carbocycles. The first-order valence-corrected chi connectivity index (χ1v) is 5.64. The van der Waals surface area contributed by atoms with E-state index in [9.17, 15) is 4.79 Å². The molecule has 0 aliphatic rings. The molecule has 0 spiro atoms. The highest BCUT2D eigenvalue weighted by molar-refractivity contribution is 5.59. The van der Waals surface area contributed by atoms with E-state index in [4.69, 9.17) is 9.47 Å². The summed E-state index contributed by atoms with van der Waals surface area (Å²) < 4.78 is 9.96. The molecule has 0 saturated carbocycles. The maximum atomic E-state index is 11.2. The number of carbonyl (C=O) groups excluding carboxylic acids is 1.